The molecule has 4 rings (SSSR count). The van der Waals surface area contributed by atoms with Crippen molar-refractivity contribution in [3.8, 4) is 0 Å². The maximum absolute atomic E-state index is 12.8. The van der Waals surface area contributed by atoms with Crippen molar-refractivity contribution >= 4 is 17.2 Å². The van der Waals surface area contributed by atoms with E-state index in [2.05, 4.69) is 9.88 Å². The van der Waals surface area contributed by atoms with Gasteiger partial charge in [0.25, 0.3) is 5.91 Å². The lowest BCUT2D eigenvalue weighted by Gasteiger charge is -2.35. The minimum atomic E-state index is -0.453. The third-order valence-electron chi connectivity index (χ3n) is 5.09. The molecule has 1 fully saturated rings. The Hall–Kier alpha value is -2.48. The van der Waals surface area contributed by atoms with Gasteiger partial charge in [0.15, 0.2) is 0 Å². The van der Waals surface area contributed by atoms with E-state index in [1.54, 1.807) is 23.9 Å². The van der Waals surface area contributed by atoms with Crippen LogP contribution in [0.5, 0.6) is 0 Å². The Labute approximate surface area is 168 Å². The van der Waals surface area contributed by atoms with Gasteiger partial charge < -0.3 is 14.6 Å². The van der Waals surface area contributed by atoms with Gasteiger partial charge in [-0.25, -0.2) is 4.98 Å². The summed E-state index contributed by atoms with van der Waals surface area (Å²) in [6.07, 6.45) is 5.02. The summed E-state index contributed by atoms with van der Waals surface area (Å²) in [6, 6.07) is 11.7. The standard InChI is InChI=1S/C21H24N4O2S/c26-19(20-2-1-13-28-20)15-23-9-11-25(12-10-23)21(27)18-5-3-17(4-6-18)14-24-8-7-22-16-24/h1-8,13,16,19,26H,9-12,14-15H2. The van der Waals surface area contributed by atoms with Gasteiger partial charge in [-0.15, -0.1) is 11.3 Å². The molecule has 1 N–H and O–H groups in total. The number of β-amino-alcohol motifs (C(OH)–C–C–N with tert-alkyl or cyclic N) is 1. The molecular weight excluding hydrogens is 372 g/mol. The molecule has 1 atom stereocenters. The van der Waals surface area contributed by atoms with Crippen molar-refractivity contribution in [3.63, 3.8) is 0 Å². The van der Waals surface area contributed by atoms with Crippen molar-refractivity contribution in [2.45, 2.75) is 12.6 Å². The lowest BCUT2D eigenvalue weighted by molar-refractivity contribution is 0.0533. The predicted octanol–water partition coefficient (Wildman–Crippen LogP) is 2.48. The summed E-state index contributed by atoms with van der Waals surface area (Å²) in [5.41, 5.74) is 1.86. The molecule has 0 aliphatic carbocycles. The smallest absolute Gasteiger partial charge is 0.253 e. The number of aliphatic hydroxyl groups excluding tert-OH is 1. The summed E-state index contributed by atoms with van der Waals surface area (Å²) in [5, 5.41) is 12.3. The Morgan fingerprint density at radius 3 is 2.57 bits per heavy atom. The molecule has 1 saturated heterocycles. The first kappa shape index (κ1) is 18.9. The Morgan fingerprint density at radius 1 is 1.14 bits per heavy atom. The topological polar surface area (TPSA) is 61.6 Å². The van der Waals surface area contributed by atoms with E-state index in [1.165, 1.54) is 0 Å². The van der Waals surface area contributed by atoms with Gasteiger partial charge in [0, 0.05) is 62.1 Å². The Bertz CT molecular complexity index is 870. The Morgan fingerprint density at radius 2 is 1.93 bits per heavy atom. The summed E-state index contributed by atoms with van der Waals surface area (Å²) in [5.74, 6) is 0.0765. The van der Waals surface area contributed by atoms with Gasteiger partial charge in [-0.2, -0.15) is 0 Å². The van der Waals surface area contributed by atoms with Gasteiger partial charge in [0.05, 0.1) is 6.33 Å². The largest absolute Gasteiger partial charge is 0.386 e. The van der Waals surface area contributed by atoms with E-state index in [0.29, 0.717) is 19.6 Å². The van der Waals surface area contributed by atoms with Crippen molar-refractivity contribution in [3.05, 3.63) is 76.5 Å². The van der Waals surface area contributed by atoms with Gasteiger partial charge in [0.2, 0.25) is 0 Å². The number of carbonyl (C=O) groups is 1. The summed E-state index contributed by atoms with van der Waals surface area (Å²) in [6.45, 7) is 4.31. The monoisotopic (exact) mass is 396 g/mol. The van der Waals surface area contributed by atoms with Crippen LogP contribution >= 0.6 is 11.3 Å². The molecule has 1 unspecified atom stereocenters. The lowest BCUT2D eigenvalue weighted by atomic mass is 10.1. The van der Waals surface area contributed by atoms with Gasteiger partial charge in [-0.1, -0.05) is 18.2 Å². The fourth-order valence-electron chi connectivity index (χ4n) is 3.48. The number of hydrogen-bond acceptors (Lipinski definition) is 5. The van der Waals surface area contributed by atoms with E-state index in [0.717, 1.165) is 35.6 Å². The first-order chi connectivity index (χ1) is 13.7. The second-order valence-corrected chi connectivity index (χ2v) is 8.04. The summed E-state index contributed by atoms with van der Waals surface area (Å²) in [4.78, 5) is 22.0. The molecule has 6 nitrogen and oxygen atoms in total. The maximum Gasteiger partial charge on any atom is 0.253 e. The van der Waals surface area contributed by atoms with Gasteiger partial charge in [0.1, 0.15) is 6.10 Å². The zero-order chi connectivity index (χ0) is 19.3. The second kappa shape index (κ2) is 8.68. The first-order valence-electron chi connectivity index (χ1n) is 9.47. The van der Waals surface area contributed by atoms with E-state index in [9.17, 15) is 9.90 Å². The van der Waals surface area contributed by atoms with Crippen molar-refractivity contribution in [2.24, 2.45) is 0 Å². The zero-order valence-electron chi connectivity index (χ0n) is 15.6. The molecule has 3 heterocycles. The number of aliphatic hydroxyl groups is 1. The number of piperazine rings is 1. The average Bonchev–Trinajstić information content (AvgIpc) is 3.43. The number of thiophene rings is 1. The molecule has 0 bridgehead atoms. The number of imidazole rings is 1. The molecule has 0 spiro atoms. The van der Waals surface area contributed by atoms with Crippen LogP contribution in [0.1, 0.15) is 26.9 Å². The summed E-state index contributed by atoms with van der Waals surface area (Å²) < 4.78 is 2.00. The molecule has 1 aliphatic rings. The number of hydrogen-bond donors (Lipinski definition) is 1. The second-order valence-electron chi connectivity index (χ2n) is 7.06. The van der Waals surface area contributed by atoms with Crippen molar-refractivity contribution in [1.82, 2.24) is 19.4 Å². The van der Waals surface area contributed by atoms with E-state index in [1.807, 2.05) is 57.4 Å². The molecule has 3 aromatic rings. The van der Waals surface area contributed by atoms with Crippen LogP contribution in [-0.4, -0.2) is 63.1 Å². The number of benzene rings is 1. The third-order valence-corrected chi connectivity index (χ3v) is 6.06. The lowest BCUT2D eigenvalue weighted by Crippen LogP contribution is -2.49. The number of amides is 1. The molecule has 1 aliphatic heterocycles. The van der Waals surface area contributed by atoms with E-state index in [-0.39, 0.29) is 5.91 Å². The summed E-state index contributed by atoms with van der Waals surface area (Å²) >= 11 is 1.58. The highest BCUT2D eigenvalue weighted by molar-refractivity contribution is 7.10. The zero-order valence-corrected chi connectivity index (χ0v) is 16.5. The summed E-state index contributed by atoms with van der Waals surface area (Å²) in [7, 11) is 0. The predicted molar refractivity (Wildman–Crippen MR) is 109 cm³/mol. The van der Waals surface area contributed by atoms with Crippen LogP contribution in [0.2, 0.25) is 0 Å². The molecule has 0 saturated carbocycles. The molecule has 146 valence electrons. The van der Waals surface area contributed by atoms with Crippen molar-refractivity contribution in [1.29, 1.82) is 0 Å². The van der Waals surface area contributed by atoms with Crippen LogP contribution in [-0.2, 0) is 6.54 Å². The third kappa shape index (κ3) is 4.49. The molecule has 0 radical (unpaired) electrons. The van der Waals surface area contributed by atoms with Crippen LogP contribution in [0.3, 0.4) is 0 Å². The Kier molecular flexibility index (Phi) is 5.85. The van der Waals surface area contributed by atoms with Gasteiger partial charge >= 0.3 is 0 Å². The van der Waals surface area contributed by atoms with Crippen LogP contribution in [0.25, 0.3) is 0 Å². The minimum Gasteiger partial charge on any atom is -0.386 e. The van der Waals surface area contributed by atoms with Crippen molar-refractivity contribution < 1.29 is 9.90 Å². The van der Waals surface area contributed by atoms with Crippen LogP contribution in [0, 0.1) is 0 Å². The highest BCUT2D eigenvalue weighted by Crippen LogP contribution is 2.20. The molecular formula is C21H24N4O2S. The van der Waals surface area contributed by atoms with Crippen LogP contribution < -0.4 is 0 Å². The highest BCUT2D eigenvalue weighted by atomic mass is 32.1. The SMILES string of the molecule is O=C(c1ccc(Cn2ccnc2)cc1)N1CCN(CC(O)c2cccs2)CC1. The van der Waals surface area contributed by atoms with Crippen LogP contribution in [0.15, 0.2) is 60.5 Å². The molecule has 1 amide bonds. The number of rotatable bonds is 6. The fraction of sp³-hybridized carbons (Fsp3) is 0.333. The molecule has 1 aromatic carbocycles. The molecule has 28 heavy (non-hydrogen) atoms. The average molecular weight is 397 g/mol. The van der Waals surface area contributed by atoms with E-state index in [4.69, 9.17) is 0 Å². The number of aromatic nitrogens is 2. The fourth-order valence-corrected chi connectivity index (χ4v) is 4.18. The van der Waals surface area contributed by atoms with Crippen molar-refractivity contribution in [2.75, 3.05) is 32.7 Å². The highest BCUT2D eigenvalue weighted by Gasteiger charge is 2.24. The number of carbonyl (C=O) groups excluding carboxylic acids is 1. The molecule has 2 aromatic heterocycles. The van der Waals surface area contributed by atoms with Gasteiger partial charge in [-0.05, 0) is 29.1 Å². The molecule has 7 heteroatoms. The van der Waals surface area contributed by atoms with E-state index >= 15 is 0 Å². The van der Waals surface area contributed by atoms with Crippen LogP contribution in [0.4, 0.5) is 0 Å². The normalized spacial score (nSPS) is 16.2. The number of nitrogens with zero attached hydrogens (tertiary/aromatic N) is 4. The quantitative estimate of drug-likeness (QED) is 0.695. The maximum atomic E-state index is 12.8. The Balaban J connectivity index is 1.29. The van der Waals surface area contributed by atoms with Gasteiger partial charge in [-0.3, -0.25) is 9.69 Å². The minimum absolute atomic E-state index is 0.0765. The van der Waals surface area contributed by atoms with E-state index < -0.39 is 6.10 Å². The first-order valence-corrected chi connectivity index (χ1v) is 10.3.